The van der Waals surface area contributed by atoms with Crippen LogP contribution in [0.1, 0.15) is 16.7 Å². The summed E-state index contributed by atoms with van der Waals surface area (Å²) in [5.74, 6) is -1.51. The summed E-state index contributed by atoms with van der Waals surface area (Å²) in [4.78, 5) is 16.2. The number of halogens is 2. The molecule has 27 heavy (non-hydrogen) atoms. The van der Waals surface area contributed by atoms with Crippen LogP contribution in [-0.4, -0.2) is 16.7 Å². The highest BCUT2D eigenvalue weighted by atomic mass is 19.2. The van der Waals surface area contributed by atoms with Crippen molar-refractivity contribution in [3.8, 4) is 5.75 Å². The van der Waals surface area contributed by atoms with E-state index in [2.05, 4.69) is 10.3 Å². The topological polar surface area (TPSA) is 56.1 Å². The second kappa shape index (κ2) is 7.57. The predicted octanol–water partition coefficient (Wildman–Crippen LogP) is 3.94. The molecule has 1 N–H and O–H groups in total. The van der Waals surface area contributed by atoms with Gasteiger partial charge in [0.05, 0.1) is 19.9 Å². The third-order valence-electron chi connectivity index (χ3n) is 4.37. The molecule has 0 atom stereocenters. The molecule has 3 aromatic rings. The summed E-state index contributed by atoms with van der Waals surface area (Å²) in [7, 11) is 1.37. The molecule has 1 aromatic heterocycles. The van der Waals surface area contributed by atoms with Gasteiger partial charge in [0, 0.05) is 5.69 Å². The van der Waals surface area contributed by atoms with Gasteiger partial charge in [0.15, 0.2) is 11.6 Å². The summed E-state index contributed by atoms with van der Waals surface area (Å²) >= 11 is 0. The van der Waals surface area contributed by atoms with Gasteiger partial charge in [0.1, 0.15) is 0 Å². The van der Waals surface area contributed by atoms with Crippen LogP contribution >= 0.6 is 0 Å². The maximum absolute atomic E-state index is 13.5. The molecular weight excluding hydrogens is 352 g/mol. The van der Waals surface area contributed by atoms with Crippen LogP contribution in [0.5, 0.6) is 5.75 Å². The van der Waals surface area contributed by atoms with E-state index in [1.165, 1.54) is 19.4 Å². The molecule has 0 saturated heterocycles. The van der Waals surface area contributed by atoms with Gasteiger partial charge in [-0.25, -0.2) is 8.78 Å². The summed E-state index contributed by atoms with van der Waals surface area (Å²) in [6.07, 6.45) is 1.49. The van der Waals surface area contributed by atoms with Crippen molar-refractivity contribution >= 4 is 11.6 Å². The fraction of sp³-hybridized carbons (Fsp3) is 0.200. The average molecular weight is 371 g/mol. The smallest absolute Gasteiger partial charge is 0.316 e. The Hall–Kier alpha value is -3.22. The second-order valence-electron chi connectivity index (χ2n) is 6.19. The van der Waals surface area contributed by atoms with E-state index in [9.17, 15) is 13.6 Å². The quantitative estimate of drug-likeness (QED) is 0.738. The summed E-state index contributed by atoms with van der Waals surface area (Å²) in [6.45, 7) is 4.11. The van der Waals surface area contributed by atoms with E-state index in [1.807, 2.05) is 32.0 Å². The Bertz CT molecular complexity index is 1050. The first kappa shape index (κ1) is 18.6. The molecule has 0 aliphatic heterocycles. The molecule has 140 valence electrons. The minimum Gasteiger partial charge on any atom is -0.490 e. The fourth-order valence-electron chi connectivity index (χ4n) is 2.68. The molecule has 0 aliphatic rings. The lowest BCUT2D eigenvalue weighted by Crippen LogP contribution is -2.19. The number of rotatable bonds is 5. The highest BCUT2D eigenvalue weighted by Gasteiger charge is 2.12. The average Bonchev–Trinajstić information content (AvgIpc) is 2.64. The van der Waals surface area contributed by atoms with Gasteiger partial charge >= 0.3 is 5.56 Å². The first-order chi connectivity index (χ1) is 12.9. The van der Waals surface area contributed by atoms with Crippen LogP contribution in [-0.2, 0) is 6.54 Å². The van der Waals surface area contributed by atoms with Gasteiger partial charge in [0.2, 0.25) is 11.7 Å². The van der Waals surface area contributed by atoms with Crippen molar-refractivity contribution in [2.75, 3.05) is 12.4 Å². The van der Waals surface area contributed by atoms with Crippen LogP contribution in [0.3, 0.4) is 0 Å². The van der Waals surface area contributed by atoms with Gasteiger partial charge in [-0.05, 0) is 48.7 Å². The van der Waals surface area contributed by atoms with Crippen molar-refractivity contribution in [1.29, 1.82) is 0 Å². The van der Waals surface area contributed by atoms with Crippen LogP contribution in [0.25, 0.3) is 0 Å². The molecule has 0 fully saturated rings. The first-order valence-electron chi connectivity index (χ1n) is 8.31. The molecule has 3 rings (SSSR count). The number of hydrogen-bond donors (Lipinski definition) is 1. The lowest BCUT2D eigenvalue weighted by atomic mass is 10.1. The van der Waals surface area contributed by atoms with Crippen molar-refractivity contribution in [2.45, 2.75) is 20.4 Å². The third kappa shape index (κ3) is 3.97. The number of ether oxygens (including phenoxy) is 1. The zero-order valence-corrected chi connectivity index (χ0v) is 15.2. The SMILES string of the molecule is COc1cn(Cc2ccc(F)c(F)c2)c(Nc2cccc(C)c2C)nc1=O. The van der Waals surface area contributed by atoms with E-state index in [0.29, 0.717) is 5.56 Å². The van der Waals surface area contributed by atoms with E-state index in [1.54, 1.807) is 4.57 Å². The fourth-order valence-corrected chi connectivity index (χ4v) is 2.68. The summed E-state index contributed by atoms with van der Waals surface area (Å²) in [5, 5.41) is 3.15. The highest BCUT2D eigenvalue weighted by molar-refractivity contribution is 5.60. The predicted molar refractivity (Wildman–Crippen MR) is 99.7 cm³/mol. The summed E-state index contributed by atoms with van der Waals surface area (Å²) < 4.78 is 33.4. The van der Waals surface area contributed by atoms with E-state index in [-0.39, 0.29) is 18.2 Å². The van der Waals surface area contributed by atoms with E-state index in [0.717, 1.165) is 28.9 Å². The van der Waals surface area contributed by atoms with Gasteiger partial charge in [0.25, 0.3) is 0 Å². The minimum absolute atomic E-state index is 0.0593. The van der Waals surface area contributed by atoms with Crippen LogP contribution in [0.2, 0.25) is 0 Å². The van der Waals surface area contributed by atoms with Crippen molar-refractivity contribution in [3.05, 3.63) is 81.3 Å². The number of aryl methyl sites for hydroxylation is 1. The summed E-state index contributed by atoms with van der Waals surface area (Å²) in [6, 6.07) is 9.41. The van der Waals surface area contributed by atoms with Gasteiger partial charge in [-0.1, -0.05) is 18.2 Å². The van der Waals surface area contributed by atoms with Gasteiger partial charge in [-0.15, -0.1) is 0 Å². The van der Waals surface area contributed by atoms with E-state index < -0.39 is 17.2 Å². The molecule has 0 unspecified atom stereocenters. The molecule has 0 amide bonds. The molecule has 0 aliphatic carbocycles. The van der Waals surface area contributed by atoms with Gasteiger partial charge in [-0.3, -0.25) is 4.79 Å². The monoisotopic (exact) mass is 371 g/mol. The Morgan fingerprint density at radius 2 is 1.93 bits per heavy atom. The maximum Gasteiger partial charge on any atom is 0.316 e. The second-order valence-corrected chi connectivity index (χ2v) is 6.19. The maximum atomic E-state index is 13.5. The number of hydrogen-bond acceptors (Lipinski definition) is 4. The highest BCUT2D eigenvalue weighted by Crippen LogP contribution is 2.23. The van der Waals surface area contributed by atoms with Crippen LogP contribution < -0.4 is 15.6 Å². The molecular formula is C20H19F2N3O2. The molecule has 7 heteroatoms. The van der Waals surface area contributed by atoms with Crippen molar-refractivity contribution < 1.29 is 13.5 Å². The zero-order chi connectivity index (χ0) is 19.6. The number of nitrogens with zero attached hydrogens (tertiary/aromatic N) is 2. The number of methoxy groups -OCH3 is 1. The standard InChI is InChI=1S/C20H19F2N3O2/c1-12-5-4-6-17(13(12)2)23-20-24-19(26)18(27-3)11-25(20)10-14-7-8-15(21)16(22)9-14/h4-9,11H,10H2,1-3H3,(H,23,24,26). The lowest BCUT2D eigenvalue weighted by Gasteiger charge is -2.17. The zero-order valence-electron chi connectivity index (χ0n) is 15.2. The molecule has 5 nitrogen and oxygen atoms in total. The Kier molecular flexibility index (Phi) is 5.21. The summed E-state index contributed by atoms with van der Waals surface area (Å²) in [5.41, 5.74) is 2.90. The van der Waals surface area contributed by atoms with E-state index >= 15 is 0 Å². The third-order valence-corrected chi connectivity index (χ3v) is 4.37. The van der Waals surface area contributed by atoms with Crippen LogP contribution in [0, 0.1) is 25.5 Å². The molecule has 1 heterocycles. The number of aromatic nitrogens is 2. The van der Waals surface area contributed by atoms with Crippen LogP contribution in [0.4, 0.5) is 20.4 Å². The minimum atomic E-state index is -0.933. The molecule has 0 radical (unpaired) electrons. The Morgan fingerprint density at radius 3 is 2.63 bits per heavy atom. The molecule has 0 bridgehead atoms. The van der Waals surface area contributed by atoms with Crippen molar-refractivity contribution in [3.63, 3.8) is 0 Å². The Balaban J connectivity index is 2.04. The van der Waals surface area contributed by atoms with Crippen molar-refractivity contribution in [2.24, 2.45) is 0 Å². The Morgan fingerprint density at radius 1 is 1.15 bits per heavy atom. The molecule has 2 aromatic carbocycles. The van der Waals surface area contributed by atoms with Gasteiger partial charge < -0.3 is 14.6 Å². The van der Waals surface area contributed by atoms with Gasteiger partial charge in [-0.2, -0.15) is 4.98 Å². The van der Waals surface area contributed by atoms with Crippen molar-refractivity contribution in [1.82, 2.24) is 9.55 Å². The molecule has 0 spiro atoms. The van der Waals surface area contributed by atoms with Crippen LogP contribution in [0.15, 0.2) is 47.4 Å². The number of nitrogens with one attached hydrogen (secondary N) is 1. The lowest BCUT2D eigenvalue weighted by molar-refractivity contribution is 0.402. The van der Waals surface area contributed by atoms with E-state index in [4.69, 9.17) is 4.74 Å². The number of benzene rings is 2. The Labute approximate surface area is 155 Å². The largest absolute Gasteiger partial charge is 0.490 e. The first-order valence-corrected chi connectivity index (χ1v) is 8.31. The number of anilines is 2. The normalized spacial score (nSPS) is 10.7. The molecule has 0 saturated carbocycles.